The first-order chi connectivity index (χ1) is 30.8. The van der Waals surface area contributed by atoms with Gasteiger partial charge in [0.15, 0.2) is 17.2 Å². The van der Waals surface area contributed by atoms with Crippen LogP contribution in [0.3, 0.4) is 0 Å². The minimum atomic E-state index is -1.65. The second-order valence-electron chi connectivity index (χ2n) is 16.5. The van der Waals surface area contributed by atoms with Gasteiger partial charge in [0.1, 0.15) is 23.0 Å². The van der Waals surface area contributed by atoms with E-state index in [1.54, 1.807) is 30.3 Å². The normalized spacial score (nSPS) is 15.7. The molecule has 2 heterocycles. The second-order valence-corrected chi connectivity index (χ2v) is 16.5. The number of unbranched alkanes of at least 4 members (excludes halogenated alkanes) is 10. The molecule has 5 rings (SSSR count). The fourth-order valence-electron chi connectivity index (χ4n) is 8.44. The molecular weight excluding hydrogens is 785 g/mol. The molecule has 0 saturated heterocycles. The highest BCUT2D eigenvalue weighted by Crippen LogP contribution is 2.59. The lowest BCUT2D eigenvalue weighted by Gasteiger charge is -2.38. The number of phenolic OH excluding ortho intramolecular Hbond substituents is 2. The summed E-state index contributed by atoms with van der Waals surface area (Å²) in [4.78, 5) is 42.7. The number of carbonyl (C=O) groups excluding carboxylic acids is 3. The van der Waals surface area contributed by atoms with Crippen molar-refractivity contribution in [3.63, 3.8) is 0 Å². The van der Waals surface area contributed by atoms with Gasteiger partial charge in [-0.1, -0.05) is 143 Å². The fraction of sp³-hybridized carbons (Fsp3) is 0.411. The van der Waals surface area contributed by atoms with Crippen LogP contribution >= 0.6 is 0 Å². The van der Waals surface area contributed by atoms with E-state index in [4.69, 9.17) is 9.47 Å². The van der Waals surface area contributed by atoms with Crippen LogP contribution in [-0.4, -0.2) is 27.7 Å². The van der Waals surface area contributed by atoms with E-state index in [1.807, 2.05) is 0 Å². The Hall–Kier alpha value is -5.69. The number of hydrogen-bond donors (Lipinski definition) is 2. The maximum Gasteiger partial charge on any atom is 0.340 e. The minimum absolute atomic E-state index is 0.0397. The molecule has 3 aromatic carbocycles. The van der Waals surface area contributed by atoms with E-state index in [9.17, 15) is 24.6 Å². The molecule has 2 N–H and O–H groups in total. The fourth-order valence-corrected chi connectivity index (χ4v) is 8.44. The Balaban J connectivity index is 1.28. The lowest BCUT2D eigenvalue weighted by atomic mass is 9.73. The number of ketones is 2. The lowest BCUT2D eigenvalue weighted by Crippen LogP contribution is -2.35. The molecule has 0 bridgehead atoms. The number of ether oxygens (including phenoxy) is 2. The SMILES string of the molecule is CC/C=C\C/C=C\C/C=C\CCCCCCCC(=O)c1c(O)cc2c(c1C(=O)CCCCCCC/C=C\C/C=C\C/C=C\CC)C1(OC(=O)c3ccccc31)c1ccc(O)cc1O2. The zero-order chi connectivity index (χ0) is 44.7. The molecule has 1 unspecified atom stereocenters. The predicted molar refractivity (Wildman–Crippen MR) is 255 cm³/mol. The molecule has 0 fully saturated rings. The van der Waals surface area contributed by atoms with Crippen molar-refractivity contribution in [3.8, 4) is 23.0 Å². The topological polar surface area (TPSA) is 110 Å². The first-order valence-corrected chi connectivity index (χ1v) is 23.5. The second kappa shape index (κ2) is 26.1. The molecule has 0 radical (unpaired) electrons. The number of Topliss-reactive ketones (excluding diaryl/α,β-unsaturated/α-hetero) is 2. The summed E-state index contributed by atoms with van der Waals surface area (Å²) in [5, 5.41) is 22.1. The highest BCUT2D eigenvalue weighted by atomic mass is 16.6. The Kier molecular flexibility index (Phi) is 20.0. The summed E-state index contributed by atoms with van der Waals surface area (Å²) in [5.74, 6) is -1.32. The maximum absolute atomic E-state index is 14.7. The molecule has 1 spiro atoms. The molecule has 2 aliphatic rings. The van der Waals surface area contributed by atoms with Crippen molar-refractivity contribution < 1.29 is 34.1 Å². The summed E-state index contributed by atoms with van der Waals surface area (Å²) in [6.07, 6.45) is 43.7. The smallest absolute Gasteiger partial charge is 0.340 e. The molecule has 7 nitrogen and oxygen atoms in total. The third kappa shape index (κ3) is 13.4. The van der Waals surface area contributed by atoms with Crippen LogP contribution < -0.4 is 4.74 Å². The van der Waals surface area contributed by atoms with Crippen LogP contribution in [0.1, 0.15) is 190 Å². The van der Waals surface area contributed by atoms with E-state index in [0.29, 0.717) is 29.5 Å². The largest absolute Gasteiger partial charge is 0.508 e. The average molecular weight is 853 g/mol. The van der Waals surface area contributed by atoms with Gasteiger partial charge in [-0.25, -0.2) is 4.79 Å². The summed E-state index contributed by atoms with van der Waals surface area (Å²) in [5.41, 5.74) is -0.167. The van der Waals surface area contributed by atoms with Crippen LogP contribution in [0.4, 0.5) is 0 Å². The van der Waals surface area contributed by atoms with E-state index in [0.717, 1.165) is 103 Å². The van der Waals surface area contributed by atoms with E-state index in [1.165, 1.54) is 18.2 Å². The van der Waals surface area contributed by atoms with Crippen LogP contribution in [0.15, 0.2) is 121 Å². The van der Waals surface area contributed by atoms with Gasteiger partial charge in [0.25, 0.3) is 0 Å². The van der Waals surface area contributed by atoms with Crippen LogP contribution in [0.25, 0.3) is 0 Å². The van der Waals surface area contributed by atoms with Gasteiger partial charge in [0.05, 0.1) is 16.7 Å². The van der Waals surface area contributed by atoms with E-state index < -0.39 is 11.6 Å². The number of allylic oxidation sites excluding steroid dienone is 12. The molecule has 63 heavy (non-hydrogen) atoms. The Morgan fingerprint density at radius 2 is 1.06 bits per heavy atom. The van der Waals surface area contributed by atoms with E-state index >= 15 is 0 Å². The number of benzene rings is 3. The van der Waals surface area contributed by atoms with Gasteiger partial charge in [0.2, 0.25) is 0 Å². The van der Waals surface area contributed by atoms with Gasteiger partial charge >= 0.3 is 5.97 Å². The molecule has 334 valence electrons. The summed E-state index contributed by atoms with van der Waals surface area (Å²) in [6.45, 7) is 4.27. The quantitative estimate of drug-likeness (QED) is 0.0324. The van der Waals surface area contributed by atoms with E-state index in [2.05, 4.69) is 86.8 Å². The van der Waals surface area contributed by atoms with Gasteiger partial charge in [-0.3, -0.25) is 9.59 Å². The summed E-state index contributed by atoms with van der Waals surface area (Å²) >= 11 is 0. The minimum Gasteiger partial charge on any atom is -0.508 e. The third-order valence-corrected chi connectivity index (χ3v) is 11.6. The first kappa shape index (κ1) is 48.3. The molecule has 1 atom stereocenters. The number of rotatable bonds is 28. The zero-order valence-corrected chi connectivity index (χ0v) is 37.6. The molecule has 2 aliphatic heterocycles. The van der Waals surface area contributed by atoms with Crippen molar-refractivity contribution >= 4 is 17.5 Å². The number of fused-ring (bicyclic) bond motifs is 6. The Morgan fingerprint density at radius 3 is 1.65 bits per heavy atom. The molecule has 0 aromatic heterocycles. The van der Waals surface area contributed by atoms with Gasteiger partial charge in [-0.15, -0.1) is 0 Å². The lowest BCUT2D eigenvalue weighted by molar-refractivity contribution is 0.0220. The molecule has 3 aromatic rings. The van der Waals surface area contributed by atoms with Gasteiger partial charge in [-0.2, -0.15) is 0 Å². The molecular formula is C56H68O7. The maximum atomic E-state index is 14.7. The van der Waals surface area contributed by atoms with Gasteiger partial charge in [0, 0.05) is 41.7 Å². The van der Waals surface area contributed by atoms with Crippen LogP contribution in [0, 0.1) is 0 Å². The standard InChI is InChI=1S/C56H68O7/c1-3-5-7-9-11-13-15-17-19-21-23-25-27-29-31-37-47(58)52-49(60)42-51-54(53(52)48(59)38-32-30-28-26-24-22-20-18-16-14-12-10-8-6-4-2)56(46-40-39-43(57)41-50(46)62-51)45-36-34-33-35-44(45)55(61)63-56/h5-8,11-14,17-20,33-36,39-42,57,60H,3-4,9-10,15-16,21-32,37-38H2,1-2H3/b7-5-,8-6-,13-11-,14-12-,19-17-,20-18-. The number of phenols is 2. The molecule has 0 saturated carbocycles. The van der Waals surface area contributed by atoms with Crippen LogP contribution in [0.5, 0.6) is 23.0 Å². The monoisotopic (exact) mass is 852 g/mol. The van der Waals surface area contributed by atoms with Crippen molar-refractivity contribution in [2.24, 2.45) is 0 Å². The zero-order valence-electron chi connectivity index (χ0n) is 37.6. The number of hydrogen-bond acceptors (Lipinski definition) is 7. The number of aromatic hydroxyl groups is 2. The van der Waals surface area contributed by atoms with Crippen LogP contribution in [0.2, 0.25) is 0 Å². The third-order valence-electron chi connectivity index (χ3n) is 11.6. The van der Waals surface area contributed by atoms with Crippen LogP contribution in [-0.2, 0) is 10.3 Å². The molecule has 7 heteroatoms. The van der Waals surface area contributed by atoms with Crippen molar-refractivity contribution in [2.75, 3.05) is 0 Å². The van der Waals surface area contributed by atoms with Crippen molar-refractivity contribution in [1.82, 2.24) is 0 Å². The average Bonchev–Trinajstić information content (AvgIpc) is 3.57. The van der Waals surface area contributed by atoms with Crippen molar-refractivity contribution in [2.45, 2.75) is 148 Å². The Morgan fingerprint density at radius 1 is 0.556 bits per heavy atom. The summed E-state index contributed by atoms with van der Waals surface area (Å²) in [6, 6.07) is 12.9. The molecule has 0 aliphatic carbocycles. The molecule has 0 amide bonds. The Labute approximate surface area is 376 Å². The van der Waals surface area contributed by atoms with Gasteiger partial charge in [-0.05, 0) is 95.2 Å². The summed E-state index contributed by atoms with van der Waals surface area (Å²) < 4.78 is 12.7. The highest BCUT2D eigenvalue weighted by molar-refractivity contribution is 6.13. The van der Waals surface area contributed by atoms with Gasteiger partial charge < -0.3 is 19.7 Å². The number of esters is 1. The first-order valence-electron chi connectivity index (χ1n) is 23.5. The summed E-state index contributed by atoms with van der Waals surface area (Å²) in [7, 11) is 0. The highest BCUT2D eigenvalue weighted by Gasteiger charge is 2.56. The Bertz CT molecular complexity index is 2170. The predicted octanol–water partition coefficient (Wildman–Crippen LogP) is 15.2. The van der Waals surface area contributed by atoms with Crippen molar-refractivity contribution in [3.05, 3.63) is 155 Å². The number of carbonyl (C=O) groups is 3. The van der Waals surface area contributed by atoms with E-state index in [-0.39, 0.29) is 64.1 Å². The van der Waals surface area contributed by atoms with Crippen molar-refractivity contribution in [1.29, 1.82) is 0 Å².